The maximum atomic E-state index is 13.8. The summed E-state index contributed by atoms with van der Waals surface area (Å²) in [7, 11) is 1.37. The van der Waals surface area contributed by atoms with Crippen molar-refractivity contribution in [3.63, 3.8) is 0 Å². The molecular formula is C19H18FN3O4. The van der Waals surface area contributed by atoms with E-state index in [9.17, 15) is 18.8 Å². The number of carbonyl (C=O) groups excluding carboxylic acids is 1. The Morgan fingerprint density at radius 2 is 1.93 bits per heavy atom. The van der Waals surface area contributed by atoms with Gasteiger partial charge in [0.15, 0.2) is 11.6 Å². The molecule has 1 aromatic heterocycles. The summed E-state index contributed by atoms with van der Waals surface area (Å²) in [6.07, 6.45) is 0. The second kappa shape index (κ2) is 7.45. The Morgan fingerprint density at radius 1 is 1.22 bits per heavy atom. The lowest BCUT2D eigenvalue weighted by Gasteiger charge is -2.16. The van der Waals surface area contributed by atoms with Crippen molar-refractivity contribution >= 4 is 16.7 Å². The summed E-state index contributed by atoms with van der Waals surface area (Å²) in [6, 6.07) is 10.3. The molecule has 140 valence electrons. The Labute approximate surface area is 153 Å². The molecule has 2 aromatic carbocycles. The molecule has 27 heavy (non-hydrogen) atoms. The van der Waals surface area contributed by atoms with Crippen LogP contribution >= 0.6 is 0 Å². The molecule has 1 heterocycles. The summed E-state index contributed by atoms with van der Waals surface area (Å²) in [4.78, 5) is 36.8. The molecule has 2 N–H and O–H groups in total. The van der Waals surface area contributed by atoms with Crippen LogP contribution in [-0.4, -0.2) is 22.8 Å². The van der Waals surface area contributed by atoms with E-state index in [2.05, 4.69) is 10.4 Å². The van der Waals surface area contributed by atoms with Crippen molar-refractivity contribution in [3.05, 3.63) is 74.6 Å². The lowest BCUT2D eigenvalue weighted by Crippen LogP contribution is -2.37. The molecule has 0 aliphatic heterocycles. The van der Waals surface area contributed by atoms with Crippen molar-refractivity contribution in [1.82, 2.24) is 15.1 Å². The van der Waals surface area contributed by atoms with Gasteiger partial charge >= 0.3 is 0 Å². The molecule has 0 saturated carbocycles. The molecule has 3 aromatic rings. The zero-order valence-corrected chi connectivity index (χ0v) is 14.8. The van der Waals surface area contributed by atoms with Gasteiger partial charge in [0.05, 0.1) is 23.9 Å². The molecule has 0 aliphatic rings. The van der Waals surface area contributed by atoms with Gasteiger partial charge in [0.1, 0.15) is 6.54 Å². The maximum absolute atomic E-state index is 13.8. The molecule has 7 nitrogen and oxygen atoms in total. The second-order valence-corrected chi connectivity index (χ2v) is 6.06. The summed E-state index contributed by atoms with van der Waals surface area (Å²) < 4.78 is 19.6. The minimum Gasteiger partial charge on any atom is -0.494 e. The van der Waals surface area contributed by atoms with Gasteiger partial charge in [-0.15, -0.1) is 0 Å². The molecular weight excluding hydrogens is 353 g/mol. The number of benzene rings is 2. The number of aromatic amines is 1. The highest BCUT2D eigenvalue weighted by Gasteiger charge is 2.14. The number of ether oxygens (including phenoxy) is 1. The molecule has 0 bridgehead atoms. The summed E-state index contributed by atoms with van der Waals surface area (Å²) in [5, 5.41) is 5.57. The molecule has 0 saturated heterocycles. The van der Waals surface area contributed by atoms with E-state index in [1.165, 1.54) is 25.3 Å². The third-order valence-corrected chi connectivity index (χ3v) is 4.24. The Bertz CT molecular complexity index is 1120. The lowest BCUT2D eigenvalue weighted by atomic mass is 10.1. The van der Waals surface area contributed by atoms with E-state index in [4.69, 9.17) is 4.74 Å². The van der Waals surface area contributed by atoms with Gasteiger partial charge in [-0.05, 0) is 36.8 Å². The van der Waals surface area contributed by atoms with E-state index in [-0.39, 0.29) is 23.1 Å². The first-order chi connectivity index (χ1) is 12.9. The Balaban J connectivity index is 1.79. The quantitative estimate of drug-likeness (QED) is 0.714. The maximum Gasteiger partial charge on any atom is 0.273 e. The molecule has 0 aliphatic carbocycles. The molecule has 0 spiro atoms. The lowest BCUT2D eigenvalue weighted by molar-refractivity contribution is -0.122. The fourth-order valence-electron chi connectivity index (χ4n) is 2.82. The van der Waals surface area contributed by atoms with E-state index in [1.807, 2.05) is 0 Å². The Morgan fingerprint density at radius 3 is 2.59 bits per heavy atom. The summed E-state index contributed by atoms with van der Waals surface area (Å²) in [5.74, 6) is -0.921. The van der Waals surface area contributed by atoms with Crippen molar-refractivity contribution in [3.8, 4) is 5.75 Å². The fraction of sp³-hybridized carbons (Fsp3) is 0.211. The van der Waals surface area contributed by atoms with E-state index in [0.717, 1.165) is 4.68 Å². The number of hydrogen-bond donors (Lipinski definition) is 2. The minimum atomic E-state index is -0.536. The van der Waals surface area contributed by atoms with Gasteiger partial charge in [-0.2, -0.15) is 0 Å². The molecule has 1 unspecified atom stereocenters. The number of H-pyrrole nitrogens is 1. The van der Waals surface area contributed by atoms with Crippen molar-refractivity contribution < 1.29 is 13.9 Å². The van der Waals surface area contributed by atoms with Gasteiger partial charge in [0, 0.05) is 0 Å². The minimum absolute atomic E-state index is 0.109. The summed E-state index contributed by atoms with van der Waals surface area (Å²) >= 11 is 0. The second-order valence-electron chi connectivity index (χ2n) is 6.06. The van der Waals surface area contributed by atoms with Crippen LogP contribution in [0.15, 0.2) is 52.1 Å². The van der Waals surface area contributed by atoms with Crippen molar-refractivity contribution in [2.45, 2.75) is 19.5 Å². The summed E-state index contributed by atoms with van der Waals surface area (Å²) in [5.41, 5.74) is -0.382. The highest BCUT2D eigenvalue weighted by atomic mass is 19.1. The zero-order valence-electron chi connectivity index (χ0n) is 14.8. The van der Waals surface area contributed by atoms with Crippen LogP contribution in [0.3, 0.4) is 0 Å². The smallest absolute Gasteiger partial charge is 0.273 e. The van der Waals surface area contributed by atoms with Gasteiger partial charge in [0.25, 0.3) is 11.1 Å². The number of hydrogen-bond acceptors (Lipinski definition) is 4. The van der Waals surface area contributed by atoms with Crippen LogP contribution < -0.4 is 21.2 Å². The van der Waals surface area contributed by atoms with Crippen molar-refractivity contribution in [1.29, 1.82) is 0 Å². The van der Waals surface area contributed by atoms with Crippen LogP contribution in [0.25, 0.3) is 10.8 Å². The number of rotatable bonds is 5. The predicted octanol–water partition coefficient (Wildman–Crippen LogP) is 1.71. The highest BCUT2D eigenvalue weighted by Crippen LogP contribution is 2.21. The van der Waals surface area contributed by atoms with Crippen LogP contribution in [0.2, 0.25) is 0 Å². The number of amides is 1. The van der Waals surface area contributed by atoms with Crippen molar-refractivity contribution in [2.24, 2.45) is 0 Å². The number of nitrogens with one attached hydrogen (secondary N) is 2. The van der Waals surface area contributed by atoms with Gasteiger partial charge in [-0.25, -0.2) is 9.07 Å². The van der Waals surface area contributed by atoms with Crippen LogP contribution in [0, 0.1) is 5.82 Å². The number of fused-ring (bicyclic) bond motifs is 1. The van der Waals surface area contributed by atoms with Crippen LogP contribution in [0.1, 0.15) is 18.5 Å². The van der Waals surface area contributed by atoms with Gasteiger partial charge in [-0.1, -0.05) is 18.2 Å². The third-order valence-electron chi connectivity index (χ3n) is 4.24. The Kier molecular flexibility index (Phi) is 5.07. The number of nitrogens with zero attached hydrogens (tertiary/aromatic N) is 1. The normalized spacial score (nSPS) is 12.0. The van der Waals surface area contributed by atoms with E-state index >= 15 is 0 Å². The van der Waals surface area contributed by atoms with Gasteiger partial charge in [-0.3, -0.25) is 19.5 Å². The first-order valence-electron chi connectivity index (χ1n) is 8.25. The molecule has 1 atom stereocenters. The van der Waals surface area contributed by atoms with E-state index in [0.29, 0.717) is 5.56 Å². The van der Waals surface area contributed by atoms with Gasteiger partial charge in [0.2, 0.25) is 5.91 Å². The number of carbonyl (C=O) groups is 1. The fourth-order valence-corrected chi connectivity index (χ4v) is 2.82. The monoisotopic (exact) mass is 371 g/mol. The number of halogens is 1. The molecule has 3 rings (SSSR count). The highest BCUT2D eigenvalue weighted by molar-refractivity contribution is 5.81. The van der Waals surface area contributed by atoms with Gasteiger partial charge < -0.3 is 10.1 Å². The topological polar surface area (TPSA) is 93.2 Å². The molecule has 1 amide bonds. The predicted molar refractivity (Wildman–Crippen MR) is 98.3 cm³/mol. The van der Waals surface area contributed by atoms with E-state index in [1.54, 1.807) is 31.2 Å². The average Bonchev–Trinajstić information content (AvgIpc) is 2.65. The largest absolute Gasteiger partial charge is 0.494 e. The zero-order chi connectivity index (χ0) is 19.6. The van der Waals surface area contributed by atoms with Crippen LogP contribution in [0.5, 0.6) is 5.75 Å². The number of aromatic nitrogens is 2. The Hall–Kier alpha value is -3.42. The van der Waals surface area contributed by atoms with Crippen molar-refractivity contribution in [2.75, 3.05) is 7.11 Å². The molecule has 8 heteroatoms. The third kappa shape index (κ3) is 3.74. The SMILES string of the molecule is COc1ccc(C(C)NC(=O)Cn2[nH]c(=O)c3ccccc3c2=O)cc1F. The standard InChI is InChI=1S/C19H18FN3O4/c1-11(12-7-8-16(27-2)15(20)9-12)21-17(24)10-23-19(26)14-6-4-3-5-13(14)18(25)22-23/h3-9,11H,10H2,1-2H3,(H,21,24)(H,22,25). The molecule has 0 fully saturated rings. The first-order valence-corrected chi connectivity index (χ1v) is 8.25. The molecule has 0 radical (unpaired) electrons. The number of methoxy groups -OCH3 is 1. The van der Waals surface area contributed by atoms with Crippen LogP contribution in [-0.2, 0) is 11.3 Å². The van der Waals surface area contributed by atoms with Crippen LogP contribution in [0.4, 0.5) is 4.39 Å². The van der Waals surface area contributed by atoms with E-state index < -0.39 is 28.9 Å². The average molecular weight is 371 g/mol. The first kappa shape index (κ1) is 18.4. The summed E-state index contributed by atoms with van der Waals surface area (Å²) in [6.45, 7) is 1.33.